The smallest absolute Gasteiger partial charge is 0.319 e. The van der Waals surface area contributed by atoms with Crippen molar-refractivity contribution >= 4 is 33.6 Å². The van der Waals surface area contributed by atoms with Gasteiger partial charge >= 0.3 is 12.0 Å². The van der Waals surface area contributed by atoms with Crippen LogP contribution < -0.4 is 15.4 Å². The zero-order chi connectivity index (χ0) is 24.8. The molecule has 0 heterocycles. The zero-order valence-corrected chi connectivity index (χ0v) is 20.8. The first-order valence-electron chi connectivity index (χ1n) is 10.7. The first-order valence-corrected chi connectivity index (χ1v) is 11.5. The lowest BCUT2D eigenvalue weighted by atomic mass is 9.90. The van der Waals surface area contributed by atoms with Gasteiger partial charge in [-0.1, -0.05) is 40.2 Å². The van der Waals surface area contributed by atoms with Gasteiger partial charge in [-0.3, -0.25) is 4.79 Å². The molecule has 0 bridgehead atoms. The number of hydrogen-bond acceptors (Lipinski definition) is 3. The molecular formula is C26H26BrFN2O4. The van der Waals surface area contributed by atoms with Gasteiger partial charge in [-0.15, -0.1) is 0 Å². The minimum absolute atomic E-state index is 0.0367. The second-order valence-electron chi connectivity index (χ2n) is 7.86. The minimum atomic E-state index is -0.982. The maximum Gasteiger partial charge on any atom is 0.319 e. The Morgan fingerprint density at radius 3 is 2.41 bits per heavy atom. The van der Waals surface area contributed by atoms with Crippen LogP contribution in [0.4, 0.5) is 14.9 Å². The van der Waals surface area contributed by atoms with E-state index in [9.17, 15) is 9.59 Å². The number of rotatable bonds is 8. The summed E-state index contributed by atoms with van der Waals surface area (Å²) < 4.78 is 22.3. The highest BCUT2D eigenvalue weighted by atomic mass is 79.9. The van der Waals surface area contributed by atoms with Crippen LogP contribution in [-0.2, 0) is 11.2 Å². The molecule has 0 radical (unpaired) electrons. The summed E-state index contributed by atoms with van der Waals surface area (Å²) in [5, 5.41) is 13.8. The molecule has 34 heavy (non-hydrogen) atoms. The number of ether oxygens (including phenoxy) is 1. The number of amides is 2. The standard InChI is InChI=1S/C26H26BrFN2O4/c1-15-16(2)25(34-3)23(18-5-4-6-19(27)14-18)24(28)21(15)13-17-7-9-20(10-8-17)30-26(33)29-12-11-22(31)32/h4-10,14H,11-13H2,1-3H3,(H,31,32)(H2,29,30,33). The predicted molar refractivity (Wildman–Crippen MR) is 134 cm³/mol. The maximum absolute atomic E-state index is 15.9. The molecule has 0 unspecified atom stereocenters. The third-order valence-electron chi connectivity index (χ3n) is 5.60. The van der Waals surface area contributed by atoms with E-state index in [-0.39, 0.29) is 18.8 Å². The van der Waals surface area contributed by atoms with Crippen molar-refractivity contribution in [3.05, 3.63) is 81.1 Å². The Balaban J connectivity index is 1.85. The van der Waals surface area contributed by atoms with Crippen LogP contribution >= 0.6 is 15.9 Å². The second-order valence-corrected chi connectivity index (χ2v) is 8.78. The fourth-order valence-electron chi connectivity index (χ4n) is 3.73. The van der Waals surface area contributed by atoms with Crippen molar-refractivity contribution in [3.8, 4) is 16.9 Å². The maximum atomic E-state index is 15.9. The van der Waals surface area contributed by atoms with Crippen LogP contribution in [0.25, 0.3) is 11.1 Å². The molecule has 3 aromatic rings. The van der Waals surface area contributed by atoms with Crippen LogP contribution in [0.1, 0.15) is 28.7 Å². The van der Waals surface area contributed by atoms with Crippen molar-refractivity contribution in [2.75, 3.05) is 19.0 Å². The van der Waals surface area contributed by atoms with Gasteiger partial charge in [0.2, 0.25) is 0 Å². The zero-order valence-electron chi connectivity index (χ0n) is 19.2. The largest absolute Gasteiger partial charge is 0.496 e. The molecule has 0 aromatic heterocycles. The van der Waals surface area contributed by atoms with E-state index in [0.717, 1.165) is 26.7 Å². The van der Waals surface area contributed by atoms with Crippen molar-refractivity contribution in [3.63, 3.8) is 0 Å². The molecule has 3 aromatic carbocycles. The van der Waals surface area contributed by atoms with Gasteiger partial charge in [0, 0.05) is 23.1 Å². The molecule has 2 amide bonds. The fraction of sp³-hybridized carbons (Fsp3) is 0.231. The number of carboxylic acids is 1. The van der Waals surface area contributed by atoms with Crippen molar-refractivity contribution in [1.29, 1.82) is 0 Å². The van der Waals surface area contributed by atoms with Crippen molar-refractivity contribution in [2.45, 2.75) is 26.7 Å². The third kappa shape index (κ3) is 5.94. The lowest BCUT2D eigenvalue weighted by molar-refractivity contribution is -0.136. The van der Waals surface area contributed by atoms with Crippen LogP contribution in [0.5, 0.6) is 5.75 Å². The summed E-state index contributed by atoms with van der Waals surface area (Å²) in [5.41, 5.74) is 4.87. The summed E-state index contributed by atoms with van der Waals surface area (Å²) >= 11 is 3.46. The summed E-state index contributed by atoms with van der Waals surface area (Å²) in [6.07, 6.45) is 0.217. The molecule has 0 aliphatic heterocycles. The molecule has 0 atom stereocenters. The monoisotopic (exact) mass is 528 g/mol. The van der Waals surface area contributed by atoms with E-state index < -0.39 is 12.0 Å². The highest BCUT2D eigenvalue weighted by Gasteiger charge is 2.22. The van der Waals surface area contributed by atoms with Gasteiger partial charge in [0.25, 0.3) is 0 Å². The van der Waals surface area contributed by atoms with Crippen molar-refractivity contribution in [1.82, 2.24) is 5.32 Å². The summed E-state index contributed by atoms with van der Waals surface area (Å²) in [5.74, 6) is -0.785. The molecule has 0 fully saturated rings. The van der Waals surface area contributed by atoms with Gasteiger partial charge in [0.1, 0.15) is 11.6 Å². The molecule has 6 nitrogen and oxygen atoms in total. The average Bonchev–Trinajstić information content (AvgIpc) is 2.79. The number of methoxy groups -OCH3 is 1. The highest BCUT2D eigenvalue weighted by Crippen LogP contribution is 2.40. The molecule has 3 N–H and O–H groups in total. The SMILES string of the molecule is COc1c(C)c(C)c(Cc2ccc(NC(=O)NCCC(=O)O)cc2)c(F)c1-c1cccc(Br)c1. The number of anilines is 1. The first kappa shape index (κ1) is 25.2. The minimum Gasteiger partial charge on any atom is -0.496 e. The van der Waals surface area contributed by atoms with E-state index in [1.54, 1.807) is 19.2 Å². The van der Waals surface area contributed by atoms with Crippen LogP contribution in [0.3, 0.4) is 0 Å². The number of nitrogens with one attached hydrogen (secondary N) is 2. The summed E-state index contributed by atoms with van der Waals surface area (Å²) in [6, 6.07) is 14.1. The molecule has 0 spiro atoms. The Bertz CT molecular complexity index is 1210. The number of hydrogen-bond donors (Lipinski definition) is 3. The van der Waals surface area contributed by atoms with E-state index in [1.807, 2.05) is 50.2 Å². The molecule has 0 aliphatic rings. The summed E-state index contributed by atoms with van der Waals surface area (Å²) in [4.78, 5) is 22.4. The van der Waals surface area contributed by atoms with E-state index >= 15 is 4.39 Å². The molecule has 0 saturated heterocycles. The molecule has 178 valence electrons. The summed E-state index contributed by atoms with van der Waals surface area (Å²) in [7, 11) is 1.55. The Hall–Kier alpha value is -3.39. The normalized spacial score (nSPS) is 10.6. The number of benzene rings is 3. The number of aliphatic carboxylic acids is 1. The Kier molecular flexibility index (Phi) is 8.28. The number of carbonyl (C=O) groups is 2. The molecule has 0 saturated carbocycles. The first-order chi connectivity index (χ1) is 16.2. The number of urea groups is 1. The van der Waals surface area contributed by atoms with Crippen LogP contribution in [0.2, 0.25) is 0 Å². The van der Waals surface area contributed by atoms with Gasteiger partial charge in [0.05, 0.1) is 19.1 Å². The number of carbonyl (C=O) groups excluding carboxylic acids is 1. The van der Waals surface area contributed by atoms with Crippen LogP contribution in [-0.4, -0.2) is 30.8 Å². The van der Waals surface area contributed by atoms with Gasteiger partial charge in [-0.25, -0.2) is 9.18 Å². The summed E-state index contributed by atoms with van der Waals surface area (Å²) in [6.45, 7) is 3.85. The Labute approximate surface area is 206 Å². The number of carboxylic acid groups (broad SMARTS) is 1. The Morgan fingerprint density at radius 1 is 1.09 bits per heavy atom. The predicted octanol–water partition coefficient (Wildman–Crippen LogP) is 6.07. The fourth-order valence-corrected chi connectivity index (χ4v) is 4.13. The lowest BCUT2D eigenvalue weighted by Gasteiger charge is -2.20. The molecule has 0 aliphatic carbocycles. The topological polar surface area (TPSA) is 87.7 Å². The second kappa shape index (κ2) is 11.2. The molecular weight excluding hydrogens is 503 g/mol. The van der Waals surface area contributed by atoms with E-state index in [1.165, 1.54) is 0 Å². The van der Waals surface area contributed by atoms with Gasteiger partial charge in [0.15, 0.2) is 0 Å². The number of halogens is 2. The van der Waals surface area contributed by atoms with Crippen LogP contribution in [0, 0.1) is 19.7 Å². The van der Waals surface area contributed by atoms with Gasteiger partial charge in [-0.05, 0) is 65.9 Å². The third-order valence-corrected chi connectivity index (χ3v) is 6.10. The van der Waals surface area contributed by atoms with E-state index in [4.69, 9.17) is 9.84 Å². The molecule has 8 heteroatoms. The van der Waals surface area contributed by atoms with Crippen molar-refractivity contribution < 1.29 is 23.8 Å². The Morgan fingerprint density at radius 2 is 1.79 bits per heavy atom. The van der Waals surface area contributed by atoms with E-state index in [2.05, 4.69) is 26.6 Å². The quantitative estimate of drug-likeness (QED) is 0.331. The van der Waals surface area contributed by atoms with E-state index in [0.29, 0.717) is 29.0 Å². The van der Waals surface area contributed by atoms with Gasteiger partial charge in [-0.2, -0.15) is 0 Å². The van der Waals surface area contributed by atoms with Crippen molar-refractivity contribution in [2.24, 2.45) is 0 Å². The molecule has 3 rings (SSSR count). The van der Waals surface area contributed by atoms with Gasteiger partial charge < -0.3 is 20.5 Å². The average molecular weight is 529 g/mol. The van der Waals surface area contributed by atoms with Crippen LogP contribution in [0.15, 0.2) is 53.0 Å². The highest BCUT2D eigenvalue weighted by molar-refractivity contribution is 9.10. The lowest BCUT2D eigenvalue weighted by Crippen LogP contribution is -2.30.